The molecule has 2 aromatic carbocycles. The van der Waals surface area contributed by atoms with Gasteiger partial charge >= 0.3 is 5.97 Å². The number of amides is 2. The summed E-state index contributed by atoms with van der Waals surface area (Å²) in [5.74, 6) is -2.80. The number of hydrogen-bond donors (Lipinski definition) is 0. The molecule has 1 aromatic heterocycles. The van der Waals surface area contributed by atoms with Gasteiger partial charge in [0.1, 0.15) is 11.5 Å². The lowest BCUT2D eigenvalue weighted by Crippen LogP contribution is -2.33. The summed E-state index contributed by atoms with van der Waals surface area (Å²) in [4.78, 5) is 42.8. The molecular formula is C21H14FN3O4. The second-order valence-electron chi connectivity index (χ2n) is 6.82. The zero-order valence-corrected chi connectivity index (χ0v) is 15.1. The quantitative estimate of drug-likeness (QED) is 0.642. The summed E-state index contributed by atoms with van der Waals surface area (Å²) in [6, 6.07) is 12.4. The van der Waals surface area contributed by atoms with Crippen LogP contribution in [-0.2, 0) is 17.7 Å². The Labute approximate surface area is 164 Å². The van der Waals surface area contributed by atoms with Crippen molar-refractivity contribution in [3.05, 3.63) is 82.4 Å². The predicted octanol–water partition coefficient (Wildman–Crippen LogP) is 2.87. The van der Waals surface area contributed by atoms with E-state index in [0.29, 0.717) is 23.5 Å². The summed E-state index contributed by atoms with van der Waals surface area (Å²) in [5, 5.41) is 4.71. The monoisotopic (exact) mass is 391 g/mol. The maximum absolute atomic E-state index is 14.3. The third-order valence-electron chi connectivity index (χ3n) is 5.14. The summed E-state index contributed by atoms with van der Waals surface area (Å²) in [7, 11) is 0. The second-order valence-corrected chi connectivity index (χ2v) is 6.82. The number of nitrogens with zero attached hydrogens (tertiary/aromatic N) is 3. The van der Waals surface area contributed by atoms with Crippen molar-refractivity contribution in [2.24, 2.45) is 0 Å². The van der Waals surface area contributed by atoms with E-state index in [-0.39, 0.29) is 22.5 Å². The normalized spacial score (nSPS) is 14.9. The largest absolute Gasteiger partial charge is 0.384 e. The molecule has 0 saturated carbocycles. The predicted molar refractivity (Wildman–Crippen MR) is 97.9 cm³/mol. The number of hydroxylamine groups is 2. The van der Waals surface area contributed by atoms with E-state index in [4.69, 9.17) is 4.84 Å². The Morgan fingerprint density at radius 3 is 2.31 bits per heavy atom. The highest BCUT2D eigenvalue weighted by Crippen LogP contribution is 2.30. The standard InChI is InChI=1S/C21H14FN3O4/c22-15-9-3-4-10-17(15)24-16-11-5-8-14(16)18(23-24)21(28)29-25-19(26)12-6-1-2-7-13(12)20(25)27/h1-4,6-7,9-10H,5,8,11H2. The third kappa shape index (κ3) is 2.56. The number of carbonyl (C=O) groups excluding carboxylic acids is 3. The molecule has 1 aliphatic carbocycles. The van der Waals surface area contributed by atoms with E-state index in [1.54, 1.807) is 30.3 Å². The zero-order chi connectivity index (χ0) is 20.1. The smallest absolute Gasteiger partial charge is 0.322 e. The Bertz CT molecular complexity index is 1170. The van der Waals surface area contributed by atoms with Gasteiger partial charge in [0.05, 0.1) is 11.1 Å². The lowest BCUT2D eigenvalue weighted by Gasteiger charge is -2.12. The molecule has 2 aliphatic rings. The third-order valence-corrected chi connectivity index (χ3v) is 5.14. The van der Waals surface area contributed by atoms with E-state index in [1.807, 2.05) is 0 Å². The van der Waals surface area contributed by atoms with E-state index < -0.39 is 23.6 Å². The van der Waals surface area contributed by atoms with Crippen LogP contribution in [0.2, 0.25) is 0 Å². The van der Waals surface area contributed by atoms with E-state index >= 15 is 0 Å². The molecule has 0 bridgehead atoms. The van der Waals surface area contributed by atoms with Crippen molar-refractivity contribution >= 4 is 17.8 Å². The maximum atomic E-state index is 14.3. The summed E-state index contributed by atoms with van der Waals surface area (Å²) in [5.41, 5.74) is 1.93. The lowest BCUT2D eigenvalue weighted by molar-refractivity contribution is -0.0589. The van der Waals surface area contributed by atoms with Crippen molar-refractivity contribution < 1.29 is 23.6 Å². The molecule has 0 fully saturated rings. The fraction of sp³-hybridized carbons (Fsp3) is 0.143. The molecule has 5 rings (SSSR count). The lowest BCUT2D eigenvalue weighted by atomic mass is 10.1. The molecule has 29 heavy (non-hydrogen) atoms. The molecule has 1 aliphatic heterocycles. The molecule has 0 saturated heterocycles. The number of benzene rings is 2. The summed E-state index contributed by atoms with van der Waals surface area (Å²) < 4.78 is 15.7. The van der Waals surface area contributed by atoms with Gasteiger partial charge in [0.2, 0.25) is 0 Å². The first-order valence-electron chi connectivity index (χ1n) is 9.12. The van der Waals surface area contributed by atoms with Crippen LogP contribution in [0.1, 0.15) is 48.9 Å². The minimum absolute atomic E-state index is 0.0164. The van der Waals surface area contributed by atoms with E-state index in [0.717, 1.165) is 12.1 Å². The van der Waals surface area contributed by atoms with Crippen LogP contribution < -0.4 is 0 Å². The highest BCUT2D eigenvalue weighted by Gasteiger charge is 2.40. The topological polar surface area (TPSA) is 81.5 Å². The summed E-state index contributed by atoms with van der Waals surface area (Å²) in [6.07, 6.45) is 2.00. The first kappa shape index (κ1) is 17.3. The zero-order valence-electron chi connectivity index (χ0n) is 15.1. The van der Waals surface area contributed by atoms with E-state index in [9.17, 15) is 18.8 Å². The Morgan fingerprint density at radius 1 is 0.966 bits per heavy atom. The van der Waals surface area contributed by atoms with Crippen molar-refractivity contribution in [2.75, 3.05) is 0 Å². The number of imide groups is 1. The molecule has 7 nitrogen and oxygen atoms in total. The fourth-order valence-corrected chi connectivity index (χ4v) is 3.80. The molecule has 0 unspecified atom stereocenters. The van der Waals surface area contributed by atoms with Crippen LogP contribution in [0.15, 0.2) is 48.5 Å². The molecule has 0 atom stereocenters. The van der Waals surface area contributed by atoms with Gasteiger partial charge in [0.25, 0.3) is 11.8 Å². The number of carbonyl (C=O) groups is 3. The Hall–Kier alpha value is -3.81. The SMILES string of the molecule is O=C(ON1C(=O)c2ccccc2C1=O)c1nn(-c2ccccc2F)c2c1CCC2. The minimum Gasteiger partial charge on any atom is -0.322 e. The molecule has 2 amide bonds. The molecule has 0 N–H and O–H groups in total. The highest BCUT2D eigenvalue weighted by molar-refractivity contribution is 6.21. The van der Waals surface area contributed by atoms with Crippen molar-refractivity contribution in [1.29, 1.82) is 0 Å². The fourth-order valence-electron chi connectivity index (χ4n) is 3.80. The molecule has 144 valence electrons. The summed E-state index contributed by atoms with van der Waals surface area (Å²) >= 11 is 0. The van der Waals surface area contributed by atoms with Crippen molar-refractivity contribution in [3.8, 4) is 5.69 Å². The number of halogens is 1. The van der Waals surface area contributed by atoms with Crippen molar-refractivity contribution in [2.45, 2.75) is 19.3 Å². The van der Waals surface area contributed by atoms with Gasteiger partial charge in [-0.25, -0.2) is 13.9 Å². The van der Waals surface area contributed by atoms with Crippen LogP contribution in [0.5, 0.6) is 0 Å². The average molecular weight is 391 g/mol. The summed E-state index contributed by atoms with van der Waals surface area (Å²) in [6.45, 7) is 0. The first-order valence-corrected chi connectivity index (χ1v) is 9.12. The molecule has 3 aromatic rings. The molecule has 2 heterocycles. The number of aromatic nitrogens is 2. The average Bonchev–Trinajstić information content (AvgIpc) is 3.39. The van der Waals surface area contributed by atoms with Gasteiger partial charge in [0.15, 0.2) is 5.69 Å². The minimum atomic E-state index is -0.923. The number of para-hydroxylation sites is 1. The number of fused-ring (bicyclic) bond motifs is 2. The van der Waals surface area contributed by atoms with Crippen LogP contribution in [-0.4, -0.2) is 32.6 Å². The maximum Gasteiger partial charge on any atom is 0.384 e. The number of rotatable bonds is 3. The van der Waals surface area contributed by atoms with Gasteiger partial charge in [-0.1, -0.05) is 29.3 Å². The highest BCUT2D eigenvalue weighted by atomic mass is 19.1. The van der Waals surface area contributed by atoms with Gasteiger partial charge < -0.3 is 4.84 Å². The molecule has 0 spiro atoms. The molecular weight excluding hydrogens is 377 g/mol. The van der Waals surface area contributed by atoms with Gasteiger partial charge in [-0.15, -0.1) is 0 Å². The number of hydrogen-bond acceptors (Lipinski definition) is 5. The first-order chi connectivity index (χ1) is 14.1. The Balaban J connectivity index is 1.49. The van der Waals surface area contributed by atoms with Crippen LogP contribution in [0.4, 0.5) is 4.39 Å². The van der Waals surface area contributed by atoms with Crippen LogP contribution >= 0.6 is 0 Å². The Kier molecular flexibility index (Phi) is 3.80. The molecule has 8 heteroatoms. The Morgan fingerprint density at radius 2 is 1.62 bits per heavy atom. The second kappa shape index (κ2) is 6.37. The van der Waals surface area contributed by atoms with E-state index in [1.165, 1.54) is 22.9 Å². The van der Waals surface area contributed by atoms with Crippen LogP contribution in [0.3, 0.4) is 0 Å². The van der Waals surface area contributed by atoms with Gasteiger partial charge in [-0.3, -0.25) is 9.59 Å². The van der Waals surface area contributed by atoms with Crippen LogP contribution in [0, 0.1) is 5.82 Å². The van der Waals surface area contributed by atoms with Gasteiger partial charge in [0, 0.05) is 11.3 Å². The van der Waals surface area contributed by atoms with Gasteiger partial charge in [-0.05, 0) is 43.5 Å². The molecule has 0 radical (unpaired) electrons. The van der Waals surface area contributed by atoms with Crippen LogP contribution in [0.25, 0.3) is 5.69 Å². The van der Waals surface area contributed by atoms with Crippen molar-refractivity contribution in [3.63, 3.8) is 0 Å². The van der Waals surface area contributed by atoms with Gasteiger partial charge in [-0.2, -0.15) is 5.10 Å². The van der Waals surface area contributed by atoms with Crippen molar-refractivity contribution in [1.82, 2.24) is 14.8 Å². The van der Waals surface area contributed by atoms with E-state index in [2.05, 4.69) is 5.10 Å².